The number of hydrogen-bond acceptors (Lipinski definition) is 9. The number of aryl methyl sites for hydroxylation is 1. The van der Waals surface area contributed by atoms with Gasteiger partial charge in [-0.3, -0.25) is 19.3 Å². The molecule has 3 N–H and O–H groups in total. The second-order valence-corrected chi connectivity index (χ2v) is 20.3. The van der Waals surface area contributed by atoms with E-state index in [1.54, 1.807) is 49.9 Å². The van der Waals surface area contributed by atoms with Crippen molar-refractivity contribution in [2.45, 2.75) is 123 Å². The van der Waals surface area contributed by atoms with E-state index in [2.05, 4.69) is 28.0 Å². The Morgan fingerprint density at radius 2 is 1.73 bits per heavy atom. The summed E-state index contributed by atoms with van der Waals surface area (Å²) in [6.07, 6.45) is 3.07. The fourth-order valence-electron chi connectivity index (χ4n) is 8.60. The van der Waals surface area contributed by atoms with Crippen LogP contribution < -0.4 is 15.4 Å². The molecule has 326 valence electrons. The third-order valence-electron chi connectivity index (χ3n) is 12.4. The van der Waals surface area contributed by atoms with Crippen LogP contribution in [0.5, 0.6) is 0 Å². The number of hydrogen-bond donors (Lipinski definition) is 3. The maximum Gasteiger partial charge on any atom is 0.410 e. The van der Waals surface area contributed by atoms with Crippen molar-refractivity contribution in [3.8, 4) is 0 Å². The molecule has 6 rings (SSSR count). The predicted octanol–water partition coefficient (Wildman–Crippen LogP) is 4.95. The lowest BCUT2D eigenvalue weighted by atomic mass is 9.66. The Morgan fingerprint density at radius 3 is 2.40 bits per heavy atom. The Labute approximate surface area is 353 Å². The molecule has 0 spiro atoms. The molecule has 2 fully saturated rings. The average Bonchev–Trinajstić information content (AvgIpc) is 3.81. The molecule has 2 aromatic rings. The highest BCUT2D eigenvalue weighted by Gasteiger charge is 2.56. The molecule has 1 saturated heterocycles. The maximum atomic E-state index is 14.7. The minimum atomic E-state index is -4.36. The van der Waals surface area contributed by atoms with Gasteiger partial charge in [0.05, 0.1) is 13.2 Å². The van der Waals surface area contributed by atoms with Gasteiger partial charge in [0.1, 0.15) is 23.7 Å². The summed E-state index contributed by atoms with van der Waals surface area (Å²) in [6.45, 7) is 13.9. The van der Waals surface area contributed by atoms with E-state index >= 15 is 0 Å². The Bertz CT molecular complexity index is 2090. The first-order valence-corrected chi connectivity index (χ1v) is 22.2. The zero-order chi connectivity index (χ0) is 43.6. The van der Waals surface area contributed by atoms with Gasteiger partial charge in [0.25, 0.3) is 5.91 Å². The molecule has 3 heterocycles. The second-order valence-electron chi connectivity index (χ2n) is 18.6. The number of benzene rings is 2. The lowest BCUT2D eigenvalue weighted by Crippen LogP contribution is -2.70. The van der Waals surface area contributed by atoms with Crippen LogP contribution in [0, 0.1) is 16.7 Å². The van der Waals surface area contributed by atoms with Crippen molar-refractivity contribution >= 4 is 40.1 Å². The molecular formula is C44H60N6O9S. The van der Waals surface area contributed by atoms with E-state index in [4.69, 9.17) is 9.47 Å². The van der Waals surface area contributed by atoms with Gasteiger partial charge in [-0.15, -0.1) is 6.58 Å². The molecule has 15 nitrogen and oxygen atoms in total. The summed E-state index contributed by atoms with van der Waals surface area (Å²) in [5.41, 5.74) is 1.09. The van der Waals surface area contributed by atoms with Crippen molar-refractivity contribution in [3.05, 3.63) is 83.4 Å². The minimum Gasteiger partial charge on any atom is -0.449 e. The maximum absolute atomic E-state index is 14.7. The summed E-state index contributed by atoms with van der Waals surface area (Å²) < 4.78 is 41.8. The number of alkyl carbamates (subject to hydrolysis) is 1. The van der Waals surface area contributed by atoms with Gasteiger partial charge in [0, 0.05) is 39.0 Å². The topological polar surface area (TPSA) is 184 Å². The Kier molecular flexibility index (Phi) is 13.1. The molecule has 3 aliphatic heterocycles. The molecule has 4 aliphatic rings. The van der Waals surface area contributed by atoms with Crippen LogP contribution in [0.2, 0.25) is 0 Å². The SMILES string of the molecule is C=C[C@@H]1CCC1(NC(=O)[C@@H]1C[C@@H]2CN1C(=O)[C@H](C(C)(C)C)NC(=O)OCC(C)(C)CCCCc1cccc3c1CN(C3)C(=O)O2)C(=O)NS(=O)(=O)N(C)Cc1ccccc1. The number of carbonyl (C=O) groups excluding carboxylic acids is 5. The highest BCUT2D eigenvalue weighted by molar-refractivity contribution is 7.87. The first-order valence-electron chi connectivity index (χ1n) is 20.8. The van der Waals surface area contributed by atoms with Gasteiger partial charge in [-0.1, -0.05) is 95.6 Å². The van der Waals surface area contributed by atoms with Crippen molar-refractivity contribution < 1.29 is 41.9 Å². The third kappa shape index (κ3) is 9.80. The molecule has 4 bridgehead atoms. The van der Waals surface area contributed by atoms with Gasteiger partial charge < -0.3 is 25.0 Å². The Balaban J connectivity index is 1.28. The Morgan fingerprint density at radius 1 is 1.02 bits per heavy atom. The van der Waals surface area contributed by atoms with E-state index in [9.17, 15) is 32.4 Å². The average molecular weight is 849 g/mol. The van der Waals surface area contributed by atoms with Crippen LogP contribution in [0.25, 0.3) is 0 Å². The van der Waals surface area contributed by atoms with Crippen LogP contribution in [0.4, 0.5) is 9.59 Å². The minimum absolute atomic E-state index is 0.00802. The molecule has 1 saturated carbocycles. The van der Waals surface area contributed by atoms with E-state index in [1.807, 2.05) is 32.0 Å². The normalized spacial score (nSPS) is 26.3. The zero-order valence-electron chi connectivity index (χ0n) is 35.6. The van der Waals surface area contributed by atoms with Gasteiger partial charge in [0.2, 0.25) is 11.8 Å². The van der Waals surface area contributed by atoms with Crippen molar-refractivity contribution in [2.75, 3.05) is 20.2 Å². The number of amides is 5. The molecule has 5 atom stereocenters. The lowest BCUT2D eigenvalue weighted by Gasteiger charge is -2.47. The summed E-state index contributed by atoms with van der Waals surface area (Å²) in [7, 11) is -3.02. The van der Waals surface area contributed by atoms with Crippen LogP contribution in [0.3, 0.4) is 0 Å². The molecule has 0 aromatic heterocycles. The van der Waals surface area contributed by atoms with Crippen LogP contribution >= 0.6 is 0 Å². The van der Waals surface area contributed by atoms with Gasteiger partial charge in [-0.25, -0.2) is 14.3 Å². The van der Waals surface area contributed by atoms with Crippen molar-refractivity contribution in [3.63, 3.8) is 0 Å². The number of rotatable bonds is 8. The predicted molar refractivity (Wildman–Crippen MR) is 224 cm³/mol. The van der Waals surface area contributed by atoms with Crippen molar-refractivity contribution in [1.82, 2.24) is 29.5 Å². The first-order chi connectivity index (χ1) is 28.2. The summed E-state index contributed by atoms with van der Waals surface area (Å²) >= 11 is 0. The van der Waals surface area contributed by atoms with Crippen LogP contribution in [-0.2, 0) is 60.1 Å². The summed E-state index contributed by atoms with van der Waals surface area (Å²) in [5.74, 6) is -2.92. The fraction of sp³-hybridized carbons (Fsp3) is 0.568. The van der Waals surface area contributed by atoms with E-state index in [0.29, 0.717) is 25.1 Å². The Hall–Kier alpha value is -4.96. The molecule has 2 aromatic carbocycles. The summed E-state index contributed by atoms with van der Waals surface area (Å²) in [6, 6.07) is 12.5. The summed E-state index contributed by atoms with van der Waals surface area (Å²) in [4.78, 5) is 73.4. The fourth-order valence-corrected chi connectivity index (χ4v) is 9.49. The van der Waals surface area contributed by atoms with E-state index < -0.39 is 75.2 Å². The largest absolute Gasteiger partial charge is 0.449 e. The molecule has 1 aliphatic carbocycles. The van der Waals surface area contributed by atoms with E-state index in [1.165, 1.54) is 18.0 Å². The van der Waals surface area contributed by atoms with E-state index in [-0.39, 0.29) is 38.0 Å². The van der Waals surface area contributed by atoms with Crippen LogP contribution in [0.1, 0.15) is 95.4 Å². The number of ether oxygens (including phenoxy) is 2. The number of nitrogens with zero attached hydrogens (tertiary/aromatic N) is 3. The second kappa shape index (κ2) is 17.6. The standard InChI is InChI=1S/C44H60N6O9S/c1-8-32-20-22-44(32,39(53)47-60(56,57)48(7)24-29-15-10-9-11-16-29)46-37(51)35-23-33-26-50(35)38(52)36(42(2,3)4)45-40(54)58-28-43(5,6)21-13-12-17-30-18-14-19-31-25-49(27-34(30)31)41(55)59-33/h8-11,14-16,18-19,32-33,35-36H,1,12-13,17,20-28H2,2-7H3,(H,45,54)(H,46,51)(H,47,53)/t32-,33-,35+,36-,44?/m1/s1. The molecular weight excluding hydrogens is 789 g/mol. The molecule has 16 heteroatoms. The van der Waals surface area contributed by atoms with Gasteiger partial charge >= 0.3 is 22.4 Å². The van der Waals surface area contributed by atoms with E-state index in [0.717, 1.165) is 46.7 Å². The smallest absolute Gasteiger partial charge is 0.410 e. The lowest BCUT2D eigenvalue weighted by molar-refractivity contribution is -0.145. The number of nitrogens with one attached hydrogen (secondary N) is 3. The monoisotopic (exact) mass is 848 g/mol. The number of fused-ring (bicyclic) bond motifs is 3. The molecule has 1 unspecified atom stereocenters. The third-order valence-corrected chi connectivity index (χ3v) is 13.8. The van der Waals surface area contributed by atoms with Crippen molar-refractivity contribution in [1.29, 1.82) is 0 Å². The van der Waals surface area contributed by atoms with Gasteiger partial charge in [-0.05, 0) is 65.2 Å². The number of cyclic esters (lactones) is 1. The van der Waals surface area contributed by atoms with Crippen LogP contribution in [0.15, 0.2) is 61.2 Å². The highest BCUT2D eigenvalue weighted by Crippen LogP contribution is 2.41. The van der Waals surface area contributed by atoms with Crippen LogP contribution in [-0.4, -0.2) is 96.4 Å². The zero-order valence-corrected chi connectivity index (χ0v) is 36.4. The summed E-state index contributed by atoms with van der Waals surface area (Å²) in [5, 5.41) is 5.58. The van der Waals surface area contributed by atoms with Gasteiger partial charge in [-0.2, -0.15) is 12.7 Å². The molecule has 5 amide bonds. The van der Waals surface area contributed by atoms with Crippen molar-refractivity contribution in [2.24, 2.45) is 16.7 Å². The number of carbonyl (C=O) groups is 5. The highest BCUT2D eigenvalue weighted by atomic mass is 32.2. The van der Waals surface area contributed by atoms with Gasteiger partial charge in [0.15, 0.2) is 0 Å². The molecule has 0 radical (unpaired) electrons. The quantitative estimate of drug-likeness (QED) is 0.310. The first kappa shape index (κ1) is 44.6. The molecule has 60 heavy (non-hydrogen) atoms.